The first-order valence-electron chi connectivity index (χ1n) is 6.41. The van der Waals surface area contributed by atoms with Crippen LogP contribution < -0.4 is 10.7 Å². The average molecular weight is 281 g/mol. The average Bonchev–Trinajstić information content (AvgIpc) is 2.39. The summed E-state index contributed by atoms with van der Waals surface area (Å²) >= 11 is 0. The van der Waals surface area contributed by atoms with Crippen LogP contribution in [-0.4, -0.2) is 35.2 Å². The summed E-state index contributed by atoms with van der Waals surface area (Å²) in [6, 6.07) is 2.57. The molecule has 1 saturated heterocycles. The van der Waals surface area contributed by atoms with Crippen LogP contribution in [0.2, 0.25) is 0 Å². The van der Waals surface area contributed by atoms with Crippen LogP contribution in [0.1, 0.15) is 29.6 Å². The lowest BCUT2D eigenvalue weighted by atomic mass is 10.1. The molecule has 108 valence electrons. The number of carbonyl (C=O) groups excluding carboxylic acids is 1. The Hall–Kier alpha value is -2.15. The Morgan fingerprint density at radius 3 is 2.55 bits per heavy atom. The molecule has 0 bridgehead atoms. The molecular weight excluding hydrogens is 265 g/mol. The highest BCUT2D eigenvalue weighted by Crippen LogP contribution is 2.17. The third kappa shape index (κ3) is 3.67. The van der Waals surface area contributed by atoms with E-state index >= 15 is 0 Å². The van der Waals surface area contributed by atoms with Crippen LogP contribution >= 0.6 is 0 Å². The number of nitrogens with one attached hydrogen (secondary N) is 2. The quantitative estimate of drug-likeness (QED) is 0.792. The van der Waals surface area contributed by atoms with Crippen LogP contribution in [0.5, 0.6) is 0 Å². The van der Waals surface area contributed by atoms with E-state index in [2.05, 4.69) is 10.7 Å². The van der Waals surface area contributed by atoms with Gasteiger partial charge in [0.2, 0.25) is 0 Å². The van der Waals surface area contributed by atoms with Gasteiger partial charge >= 0.3 is 12.0 Å². The summed E-state index contributed by atoms with van der Waals surface area (Å²) in [7, 11) is 0. The van der Waals surface area contributed by atoms with Crippen LogP contribution in [0.4, 0.5) is 14.9 Å². The van der Waals surface area contributed by atoms with Crippen molar-refractivity contribution in [3.8, 4) is 0 Å². The zero-order valence-electron chi connectivity index (χ0n) is 10.9. The SMILES string of the molecule is O=C(Nc1cc(F)ccc1C(=O)O)NN1CCCCC1. The normalized spacial score (nSPS) is 15.7. The maximum Gasteiger partial charge on any atom is 0.337 e. The second-order valence-electron chi connectivity index (χ2n) is 4.61. The Bertz CT molecular complexity index is 516. The molecule has 1 aromatic rings. The number of hydrogen-bond donors (Lipinski definition) is 3. The summed E-state index contributed by atoms with van der Waals surface area (Å²) in [6.07, 6.45) is 3.13. The molecule has 0 radical (unpaired) electrons. The molecule has 0 saturated carbocycles. The molecule has 2 rings (SSSR count). The van der Waals surface area contributed by atoms with Crippen molar-refractivity contribution in [3.05, 3.63) is 29.6 Å². The lowest BCUT2D eigenvalue weighted by Gasteiger charge is -2.26. The lowest BCUT2D eigenvalue weighted by molar-refractivity contribution is 0.0698. The van der Waals surface area contributed by atoms with Gasteiger partial charge in [-0.2, -0.15) is 0 Å². The Morgan fingerprint density at radius 2 is 1.90 bits per heavy atom. The van der Waals surface area contributed by atoms with E-state index in [0.29, 0.717) is 0 Å². The van der Waals surface area contributed by atoms with Crippen molar-refractivity contribution in [1.82, 2.24) is 10.4 Å². The van der Waals surface area contributed by atoms with Gasteiger partial charge in [0.1, 0.15) is 5.82 Å². The molecule has 7 heteroatoms. The van der Waals surface area contributed by atoms with Gasteiger partial charge < -0.3 is 10.4 Å². The number of amides is 2. The number of urea groups is 1. The maximum absolute atomic E-state index is 13.1. The van der Waals surface area contributed by atoms with Gasteiger partial charge in [-0.05, 0) is 31.0 Å². The van der Waals surface area contributed by atoms with E-state index in [1.807, 2.05) is 0 Å². The number of aromatic carboxylic acids is 1. The highest BCUT2D eigenvalue weighted by atomic mass is 19.1. The predicted molar refractivity (Wildman–Crippen MR) is 70.9 cm³/mol. The Labute approximate surface area is 115 Å². The van der Waals surface area contributed by atoms with E-state index in [9.17, 15) is 14.0 Å². The fourth-order valence-corrected chi connectivity index (χ4v) is 2.11. The van der Waals surface area contributed by atoms with Crippen LogP contribution in [0.3, 0.4) is 0 Å². The van der Waals surface area contributed by atoms with Gasteiger partial charge in [0.25, 0.3) is 0 Å². The second kappa shape index (κ2) is 6.33. The minimum atomic E-state index is -1.22. The smallest absolute Gasteiger partial charge is 0.337 e. The van der Waals surface area contributed by atoms with Crippen molar-refractivity contribution in [3.63, 3.8) is 0 Å². The standard InChI is InChI=1S/C13H16FN3O3/c14-9-4-5-10(12(18)19)11(8-9)15-13(20)16-17-6-2-1-3-7-17/h4-5,8H,1-3,6-7H2,(H,18,19)(H2,15,16,20). The first-order chi connectivity index (χ1) is 9.56. The molecule has 0 atom stereocenters. The molecular formula is C13H16FN3O3. The molecule has 1 fully saturated rings. The molecule has 1 aliphatic heterocycles. The number of carbonyl (C=O) groups is 2. The van der Waals surface area contributed by atoms with E-state index in [-0.39, 0.29) is 11.3 Å². The van der Waals surface area contributed by atoms with E-state index < -0.39 is 17.8 Å². The van der Waals surface area contributed by atoms with Crippen molar-refractivity contribution >= 4 is 17.7 Å². The number of hydrogen-bond acceptors (Lipinski definition) is 3. The second-order valence-corrected chi connectivity index (χ2v) is 4.61. The van der Waals surface area contributed by atoms with Crippen LogP contribution in [0.25, 0.3) is 0 Å². The lowest BCUT2D eigenvalue weighted by Crippen LogP contribution is -2.46. The van der Waals surface area contributed by atoms with Gasteiger partial charge in [0.05, 0.1) is 11.3 Å². The Kier molecular flexibility index (Phi) is 4.52. The number of hydrazine groups is 1. The molecule has 20 heavy (non-hydrogen) atoms. The first kappa shape index (κ1) is 14.3. The third-order valence-corrected chi connectivity index (χ3v) is 3.08. The van der Waals surface area contributed by atoms with Gasteiger partial charge in [-0.3, -0.25) is 5.43 Å². The molecule has 6 nitrogen and oxygen atoms in total. The molecule has 0 aromatic heterocycles. The van der Waals surface area contributed by atoms with Gasteiger partial charge in [0.15, 0.2) is 0 Å². The van der Waals surface area contributed by atoms with Crippen LogP contribution in [-0.2, 0) is 0 Å². The van der Waals surface area contributed by atoms with Gasteiger partial charge in [0, 0.05) is 13.1 Å². The minimum Gasteiger partial charge on any atom is -0.478 e. The predicted octanol–water partition coefficient (Wildman–Crippen LogP) is 2.05. The van der Waals surface area contributed by atoms with Gasteiger partial charge in [-0.25, -0.2) is 19.0 Å². The van der Waals surface area contributed by atoms with E-state index in [0.717, 1.165) is 50.6 Å². The highest BCUT2D eigenvalue weighted by Gasteiger charge is 2.16. The number of benzene rings is 1. The summed E-state index contributed by atoms with van der Waals surface area (Å²) in [4.78, 5) is 22.8. The first-order valence-corrected chi connectivity index (χ1v) is 6.41. The number of halogens is 1. The van der Waals surface area contributed by atoms with E-state index in [1.165, 1.54) is 0 Å². The summed E-state index contributed by atoms with van der Waals surface area (Å²) in [5.74, 6) is -1.83. The number of anilines is 1. The Morgan fingerprint density at radius 1 is 1.20 bits per heavy atom. The van der Waals surface area contributed by atoms with Gasteiger partial charge in [-0.15, -0.1) is 0 Å². The van der Waals surface area contributed by atoms with Crippen molar-refractivity contribution in [2.45, 2.75) is 19.3 Å². The number of nitrogens with zero attached hydrogens (tertiary/aromatic N) is 1. The topological polar surface area (TPSA) is 81.7 Å². The minimum absolute atomic E-state index is 0.0630. The number of rotatable bonds is 3. The largest absolute Gasteiger partial charge is 0.478 e. The monoisotopic (exact) mass is 281 g/mol. The third-order valence-electron chi connectivity index (χ3n) is 3.08. The van der Waals surface area contributed by atoms with Crippen LogP contribution in [0.15, 0.2) is 18.2 Å². The molecule has 1 aliphatic rings. The fraction of sp³-hybridized carbons (Fsp3) is 0.385. The molecule has 2 amide bonds. The van der Waals surface area contributed by atoms with Crippen molar-refractivity contribution < 1.29 is 19.1 Å². The summed E-state index contributed by atoms with van der Waals surface area (Å²) in [5, 5.41) is 13.1. The number of carboxylic acid groups (broad SMARTS) is 1. The zero-order valence-corrected chi connectivity index (χ0v) is 10.9. The summed E-state index contributed by atoms with van der Waals surface area (Å²) in [5.41, 5.74) is 2.41. The molecule has 1 heterocycles. The van der Waals surface area contributed by atoms with Crippen molar-refractivity contribution in [2.24, 2.45) is 0 Å². The zero-order chi connectivity index (χ0) is 14.5. The summed E-state index contributed by atoms with van der Waals surface area (Å²) in [6.45, 7) is 1.50. The van der Waals surface area contributed by atoms with Crippen LogP contribution in [0, 0.1) is 5.82 Å². The molecule has 1 aromatic carbocycles. The van der Waals surface area contributed by atoms with E-state index in [4.69, 9.17) is 5.11 Å². The Balaban J connectivity index is 2.03. The highest BCUT2D eigenvalue weighted by molar-refractivity contribution is 5.99. The van der Waals surface area contributed by atoms with Crippen molar-refractivity contribution in [2.75, 3.05) is 18.4 Å². The molecule has 3 N–H and O–H groups in total. The maximum atomic E-state index is 13.1. The van der Waals surface area contributed by atoms with Gasteiger partial charge in [-0.1, -0.05) is 6.42 Å². The fourth-order valence-electron chi connectivity index (χ4n) is 2.11. The molecule has 0 aliphatic carbocycles. The summed E-state index contributed by atoms with van der Waals surface area (Å²) < 4.78 is 13.1. The molecule has 0 spiro atoms. The van der Waals surface area contributed by atoms with Crippen molar-refractivity contribution in [1.29, 1.82) is 0 Å². The van der Waals surface area contributed by atoms with E-state index in [1.54, 1.807) is 5.01 Å². The molecule has 0 unspecified atom stereocenters. The number of carboxylic acids is 1. The number of piperidine rings is 1.